The van der Waals surface area contributed by atoms with Crippen LogP contribution in [0.5, 0.6) is 0 Å². The van der Waals surface area contributed by atoms with E-state index in [1.54, 1.807) is 12.4 Å². The summed E-state index contributed by atoms with van der Waals surface area (Å²) >= 11 is 0. The molecule has 30 heavy (non-hydrogen) atoms. The minimum atomic E-state index is -0.352. The van der Waals surface area contributed by atoms with Crippen molar-refractivity contribution >= 4 is 16.7 Å². The average molecular weight is 400 g/mol. The summed E-state index contributed by atoms with van der Waals surface area (Å²) in [5.74, 6) is -0.354. The van der Waals surface area contributed by atoms with Gasteiger partial charge in [0.1, 0.15) is 17.7 Å². The first-order chi connectivity index (χ1) is 14.6. The molecule has 1 aliphatic rings. The van der Waals surface area contributed by atoms with E-state index in [1.165, 1.54) is 6.20 Å². The fourth-order valence-electron chi connectivity index (χ4n) is 4.27. The lowest BCUT2D eigenvalue weighted by atomic mass is 9.92. The Bertz CT molecular complexity index is 1180. The van der Waals surface area contributed by atoms with E-state index in [1.807, 2.05) is 73.0 Å². The smallest absolute Gasteiger partial charge is 0.167 e. The monoisotopic (exact) mass is 400 g/mol. The summed E-state index contributed by atoms with van der Waals surface area (Å²) in [4.78, 5) is 14.5. The Labute approximate surface area is 173 Å². The fourth-order valence-corrected chi connectivity index (χ4v) is 4.27. The summed E-state index contributed by atoms with van der Waals surface area (Å²) in [5.41, 5.74) is 4.77. The van der Waals surface area contributed by atoms with Crippen LogP contribution in [0.1, 0.15) is 42.6 Å². The van der Waals surface area contributed by atoms with E-state index in [-0.39, 0.29) is 23.9 Å². The molecule has 3 atom stereocenters. The van der Waals surface area contributed by atoms with Gasteiger partial charge in [0, 0.05) is 18.6 Å². The molecule has 1 aromatic carbocycles. The highest BCUT2D eigenvalue weighted by molar-refractivity contribution is 5.91. The van der Waals surface area contributed by atoms with Crippen molar-refractivity contribution in [3.63, 3.8) is 0 Å². The van der Waals surface area contributed by atoms with Crippen molar-refractivity contribution in [3.05, 3.63) is 95.8 Å². The van der Waals surface area contributed by atoms with Crippen LogP contribution in [-0.2, 0) is 4.84 Å². The van der Waals surface area contributed by atoms with Crippen molar-refractivity contribution in [2.24, 2.45) is 5.16 Å². The summed E-state index contributed by atoms with van der Waals surface area (Å²) in [6, 6.07) is 17.5. The second kappa shape index (κ2) is 7.37. The van der Waals surface area contributed by atoms with Gasteiger partial charge >= 0.3 is 0 Å². The Balaban J connectivity index is 1.72. The van der Waals surface area contributed by atoms with Gasteiger partial charge in [-0.3, -0.25) is 9.97 Å². The predicted octanol–water partition coefficient (Wildman–Crippen LogP) is 5.09. The summed E-state index contributed by atoms with van der Waals surface area (Å²) in [7, 11) is 0. The highest BCUT2D eigenvalue weighted by atomic mass is 19.1. The summed E-state index contributed by atoms with van der Waals surface area (Å²) in [6.07, 6.45) is 4.92. The Morgan fingerprint density at radius 1 is 1.07 bits per heavy atom. The third-order valence-corrected chi connectivity index (χ3v) is 5.65. The summed E-state index contributed by atoms with van der Waals surface area (Å²) in [6.45, 7) is 3.92. The lowest BCUT2D eigenvalue weighted by molar-refractivity contribution is 0.0904. The molecule has 3 aromatic heterocycles. The fraction of sp³-hybridized carbons (Fsp3) is 0.208. The van der Waals surface area contributed by atoms with Crippen LogP contribution in [0.3, 0.4) is 0 Å². The number of nitrogens with zero attached hydrogens (tertiary/aromatic N) is 4. The lowest BCUT2D eigenvalue weighted by Gasteiger charge is -2.21. The van der Waals surface area contributed by atoms with Crippen molar-refractivity contribution < 1.29 is 9.23 Å². The van der Waals surface area contributed by atoms with E-state index in [0.717, 1.165) is 28.0 Å². The molecule has 0 fully saturated rings. The van der Waals surface area contributed by atoms with Gasteiger partial charge in [-0.15, -0.1) is 0 Å². The molecule has 0 spiro atoms. The zero-order valence-electron chi connectivity index (χ0n) is 16.7. The number of rotatable bonds is 4. The molecule has 4 aromatic rings. The van der Waals surface area contributed by atoms with E-state index in [0.29, 0.717) is 5.52 Å². The summed E-state index contributed by atoms with van der Waals surface area (Å²) < 4.78 is 16.8. The van der Waals surface area contributed by atoms with E-state index in [4.69, 9.17) is 4.84 Å². The molecule has 2 unspecified atom stereocenters. The zero-order valence-corrected chi connectivity index (χ0v) is 16.7. The maximum atomic E-state index is 14.9. The van der Waals surface area contributed by atoms with Crippen molar-refractivity contribution in [1.29, 1.82) is 0 Å². The van der Waals surface area contributed by atoms with Gasteiger partial charge in [0.2, 0.25) is 0 Å². The van der Waals surface area contributed by atoms with Crippen LogP contribution in [-0.4, -0.2) is 26.4 Å². The van der Waals surface area contributed by atoms with Crippen LogP contribution in [0, 0.1) is 5.82 Å². The molecule has 0 amide bonds. The Kier molecular flexibility index (Phi) is 4.54. The topological polar surface area (TPSA) is 52.3 Å². The standard InChI is InChI=1S/C24H21FN4O/c1-15-22(16(2)30-28-15)18-12-21-23(27-13-18)19(25)14-29(21)24(17-8-4-3-5-9-17)20-10-6-7-11-26-20/h3-14,16,22,24H,1-2H3/t16?,22?,24-/m0/s1. The first-order valence-corrected chi connectivity index (χ1v) is 9.95. The van der Waals surface area contributed by atoms with Crippen LogP contribution < -0.4 is 0 Å². The van der Waals surface area contributed by atoms with Crippen LogP contribution in [0.2, 0.25) is 0 Å². The number of aromatic nitrogens is 3. The molecule has 0 aliphatic carbocycles. The average Bonchev–Trinajstić information content (AvgIpc) is 3.28. The minimum Gasteiger partial charge on any atom is -0.392 e. The van der Waals surface area contributed by atoms with Gasteiger partial charge in [0.25, 0.3) is 0 Å². The van der Waals surface area contributed by atoms with E-state index in [9.17, 15) is 4.39 Å². The zero-order chi connectivity index (χ0) is 20.7. The number of fused-ring (bicyclic) bond motifs is 1. The largest absolute Gasteiger partial charge is 0.392 e. The van der Waals surface area contributed by atoms with Crippen molar-refractivity contribution in [2.75, 3.05) is 0 Å². The number of oxime groups is 1. The Morgan fingerprint density at radius 3 is 2.57 bits per heavy atom. The lowest BCUT2D eigenvalue weighted by Crippen LogP contribution is -2.17. The maximum Gasteiger partial charge on any atom is 0.167 e. The second-order valence-electron chi connectivity index (χ2n) is 7.61. The molecule has 0 saturated carbocycles. The highest BCUT2D eigenvalue weighted by Crippen LogP contribution is 2.34. The molecular weight excluding hydrogens is 379 g/mol. The van der Waals surface area contributed by atoms with E-state index < -0.39 is 0 Å². The molecule has 6 heteroatoms. The Hall–Kier alpha value is -3.54. The summed E-state index contributed by atoms with van der Waals surface area (Å²) in [5, 5.41) is 4.11. The van der Waals surface area contributed by atoms with E-state index in [2.05, 4.69) is 15.1 Å². The molecule has 0 N–H and O–H groups in total. The van der Waals surface area contributed by atoms with E-state index >= 15 is 0 Å². The maximum absolute atomic E-state index is 14.9. The molecule has 0 radical (unpaired) electrons. The first kappa shape index (κ1) is 18.5. The molecular formula is C24H21FN4O. The second-order valence-corrected chi connectivity index (χ2v) is 7.61. The van der Waals surface area contributed by atoms with Gasteiger partial charge < -0.3 is 9.40 Å². The molecule has 0 saturated heterocycles. The van der Waals surface area contributed by atoms with Gasteiger partial charge in [-0.05, 0) is 43.2 Å². The molecule has 5 nitrogen and oxygen atoms in total. The number of hydrogen-bond acceptors (Lipinski definition) is 4. The molecule has 1 aliphatic heterocycles. The molecule has 0 bridgehead atoms. The van der Waals surface area contributed by atoms with Crippen LogP contribution >= 0.6 is 0 Å². The number of benzene rings is 1. The third-order valence-electron chi connectivity index (χ3n) is 5.65. The molecule has 150 valence electrons. The predicted molar refractivity (Wildman–Crippen MR) is 114 cm³/mol. The quantitative estimate of drug-likeness (QED) is 0.480. The van der Waals surface area contributed by atoms with Crippen LogP contribution in [0.25, 0.3) is 11.0 Å². The highest BCUT2D eigenvalue weighted by Gasteiger charge is 2.31. The Morgan fingerprint density at radius 2 is 1.87 bits per heavy atom. The number of pyridine rings is 2. The van der Waals surface area contributed by atoms with Gasteiger partial charge in [-0.2, -0.15) is 0 Å². The van der Waals surface area contributed by atoms with Crippen molar-refractivity contribution in [2.45, 2.75) is 31.9 Å². The van der Waals surface area contributed by atoms with Crippen molar-refractivity contribution in [1.82, 2.24) is 14.5 Å². The molecule has 4 heterocycles. The van der Waals surface area contributed by atoms with Gasteiger partial charge in [0.15, 0.2) is 5.82 Å². The van der Waals surface area contributed by atoms with Gasteiger partial charge in [-0.25, -0.2) is 4.39 Å². The van der Waals surface area contributed by atoms with Gasteiger partial charge in [0.05, 0.1) is 22.8 Å². The minimum absolute atomic E-state index is 0.00154. The third kappa shape index (κ3) is 3.05. The number of hydrogen-bond donors (Lipinski definition) is 0. The molecule has 5 rings (SSSR count). The van der Waals surface area contributed by atoms with Crippen molar-refractivity contribution in [3.8, 4) is 0 Å². The van der Waals surface area contributed by atoms with Crippen LogP contribution in [0.4, 0.5) is 4.39 Å². The SMILES string of the molecule is CC1=NOC(C)C1c1cnc2c(F)cn([C@@H](c3ccccc3)c3ccccn3)c2c1. The number of halogens is 1. The normalized spacial score (nSPS) is 19.5. The first-order valence-electron chi connectivity index (χ1n) is 9.95. The van der Waals surface area contributed by atoms with Gasteiger partial charge in [-0.1, -0.05) is 41.6 Å². The van der Waals surface area contributed by atoms with Crippen LogP contribution in [0.15, 0.2) is 78.3 Å².